The largest absolute Gasteiger partial charge is 0.297 e. The Kier molecular flexibility index (Phi) is 4.66. The van der Waals surface area contributed by atoms with Gasteiger partial charge in [0.25, 0.3) is 0 Å². The van der Waals surface area contributed by atoms with E-state index in [2.05, 4.69) is 31.1 Å². The summed E-state index contributed by atoms with van der Waals surface area (Å²) < 4.78 is 15.3. The summed E-state index contributed by atoms with van der Waals surface area (Å²) in [6, 6.07) is 4.54. The smallest absolute Gasteiger partial charge is 0.158 e. The van der Waals surface area contributed by atoms with E-state index in [0.29, 0.717) is 23.1 Å². The van der Waals surface area contributed by atoms with Crippen molar-refractivity contribution in [2.24, 2.45) is 64.6 Å². The lowest BCUT2D eigenvalue weighted by Crippen LogP contribution is -2.51. The van der Waals surface area contributed by atoms with Gasteiger partial charge in [0.15, 0.2) is 5.78 Å². The molecule has 2 aromatic rings. The van der Waals surface area contributed by atoms with E-state index in [4.69, 9.17) is 0 Å². The van der Waals surface area contributed by atoms with Crippen LogP contribution < -0.4 is 0 Å². The zero-order valence-electron chi connectivity index (χ0n) is 20.8. The molecule has 1 aromatic heterocycles. The highest BCUT2D eigenvalue weighted by Gasteiger charge is 2.73. The van der Waals surface area contributed by atoms with Crippen LogP contribution in [0.15, 0.2) is 18.2 Å². The molecular formula is C29H38FN3O. The lowest BCUT2D eigenvalue weighted by atomic mass is 9.47. The second-order valence-electron chi connectivity index (χ2n) is 13.2. The first-order chi connectivity index (χ1) is 16.4. The summed E-state index contributed by atoms with van der Waals surface area (Å²) in [5, 5.41) is 8.35. The van der Waals surface area contributed by atoms with E-state index >= 15 is 0 Å². The van der Waals surface area contributed by atoms with Crippen LogP contribution in [0.3, 0.4) is 0 Å². The topological polar surface area (TPSA) is 47.8 Å². The molecule has 3 unspecified atom stereocenters. The first-order valence-corrected chi connectivity index (χ1v) is 13.9. The van der Waals surface area contributed by atoms with Crippen molar-refractivity contribution in [1.29, 1.82) is 0 Å². The van der Waals surface area contributed by atoms with Crippen LogP contribution in [-0.4, -0.2) is 20.8 Å². The van der Waals surface area contributed by atoms with Gasteiger partial charge in [-0.2, -0.15) is 0 Å². The second-order valence-corrected chi connectivity index (χ2v) is 13.2. The number of ketones is 1. The van der Waals surface area contributed by atoms with Gasteiger partial charge in [0, 0.05) is 12.0 Å². The Morgan fingerprint density at radius 3 is 2.76 bits per heavy atom. The summed E-state index contributed by atoms with van der Waals surface area (Å²) >= 11 is 0. The minimum Gasteiger partial charge on any atom is -0.297 e. The van der Waals surface area contributed by atoms with Crippen LogP contribution in [0.4, 0.5) is 4.39 Å². The van der Waals surface area contributed by atoms with Crippen LogP contribution in [0, 0.1) is 70.4 Å². The molecule has 0 N–H and O–H groups in total. The maximum Gasteiger partial charge on any atom is 0.158 e. The van der Waals surface area contributed by atoms with E-state index in [0.717, 1.165) is 46.9 Å². The van der Waals surface area contributed by atoms with Gasteiger partial charge in [0.1, 0.15) is 17.9 Å². The third kappa shape index (κ3) is 2.91. The molecule has 4 nitrogen and oxygen atoms in total. The van der Waals surface area contributed by atoms with Crippen LogP contribution >= 0.6 is 0 Å². The first kappa shape index (κ1) is 21.5. The molecule has 1 heterocycles. The maximum absolute atomic E-state index is 13.9. The third-order valence-corrected chi connectivity index (χ3v) is 11.7. The number of halogens is 1. The summed E-state index contributed by atoms with van der Waals surface area (Å²) in [4.78, 5) is 13.9. The Morgan fingerprint density at radius 2 is 1.91 bits per heavy atom. The quantitative estimate of drug-likeness (QED) is 0.549. The van der Waals surface area contributed by atoms with Crippen molar-refractivity contribution >= 4 is 16.8 Å². The lowest BCUT2D eigenvalue weighted by molar-refractivity contribution is -0.135. The van der Waals surface area contributed by atoms with E-state index in [1.165, 1.54) is 57.1 Å². The van der Waals surface area contributed by atoms with Gasteiger partial charge in [-0.1, -0.05) is 32.4 Å². The van der Waals surface area contributed by atoms with Crippen molar-refractivity contribution in [3.8, 4) is 0 Å². The molecule has 7 rings (SSSR count). The number of nitrogens with zero attached hydrogens (tertiary/aromatic N) is 3. The fourth-order valence-electron chi connectivity index (χ4n) is 10.4. The highest BCUT2D eigenvalue weighted by molar-refractivity contribution is 5.85. The van der Waals surface area contributed by atoms with Crippen molar-refractivity contribution in [2.45, 2.75) is 72.3 Å². The molecule has 34 heavy (non-hydrogen) atoms. The molecule has 1 aromatic carbocycles. The van der Waals surface area contributed by atoms with Gasteiger partial charge in [-0.3, -0.25) is 4.79 Å². The van der Waals surface area contributed by atoms with Gasteiger partial charge in [0.2, 0.25) is 0 Å². The zero-order valence-corrected chi connectivity index (χ0v) is 20.8. The van der Waals surface area contributed by atoms with Gasteiger partial charge < -0.3 is 0 Å². The van der Waals surface area contributed by atoms with Crippen molar-refractivity contribution in [3.63, 3.8) is 0 Å². The highest BCUT2D eigenvalue weighted by atomic mass is 19.1. The van der Waals surface area contributed by atoms with E-state index < -0.39 is 0 Å². The number of Topliss-reactive ketones (excluding diaryl/α,β-unsaturated/α-hetero) is 1. The van der Waals surface area contributed by atoms with Crippen molar-refractivity contribution in [2.75, 3.05) is 0 Å². The maximum atomic E-state index is 13.9. The predicted octanol–water partition coefficient (Wildman–Crippen LogP) is 6.15. The number of carbonyl (C=O) groups excluding carboxylic acids is 1. The van der Waals surface area contributed by atoms with Gasteiger partial charge in [-0.05, 0) is 109 Å². The molecular weight excluding hydrogens is 425 g/mol. The Labute approximate surface area is 202 Å². The molecule has 0 amide bonds. The van der Waals surface area contributed by atoms with E-state index in [1.807, 2.05) is 0 Å². The van der Waals surface area contributed by atoms with Crippen molar-refractivity contribution < 1.29 is 9.18 Å². The number of carbonyl (C=O) groups is 1. The molecule has 182 valence electrons. The molecule has 5 fully saturated rings. The molecule has 0 bridgehead atoms. The van der Waals surface area contributed by atoms with Gasteiger partial charge in [-0.25, -0.2) is 9.07 Å². The number of fused-ring (bicyclic) bond motifs is 8. The molecule has 0 saturated heterocycles. The van der Waals surface area contributed by atoms with E-state index in [-0.39, 0.29) is 23.7 Å². The Bertz CT molecular complexity index is 1140. The summed E-state index contributed by atoms with van der Waals surface area (Å²) in [5.74, 6) is 7.42. The number of aromatic nitrogens is 3. The molecule has 5 saturated carbocycles. The first-order valence-electron chi connectivity index (χ1n) is 13.9. The van der Waals surface area contributed by atoms with Crippen LogP contribution in [0.5, 0.6) is 0 Å². The summed E-state index contributed by atoms with van der Waals surface area (Å²) in [5.41, 5.74) is 1.42. The Morgan fingerprint density at radius 1 is 1.09 bits per heavy atom. The molecule has 5 heteroatoms. The van der Waals surface area contributed by atoms with Crippen molar-refractivity contribution in [3.05, 3.63) is 24.0 Å². The molecule has 0 aliphatic heterocycles. The average Bonchev–Trinajstić information content (AvgIpc) is 3.14. The predicted molar refractivity (Wildman–Crippen MR) is 129 cm³/mol. The molecule has 11 atom stereocenters. The standard InChI is InChI=1S/C29H38FN3O/c1-15-4-7-19-17(12-15)5-8-21-20(19)10-11-29(3)27(21)25-16(2)26(25)28(29)24(34)14-33-23-9-6-18(30)13-22(23)31-32-33/h6,9,13,15-17,19-21,25-28H,4-5,7-8,10-12,14H2,1-3H3/t15-,16-,17+,19-,20?,21?,25+,26-,27?,28-,29-/m0/s1. The average molecular weight is 464 g/mol. The second kappa shape index (κ2) is 7.36. The number of benzene rings is 1. The third-order valence-electron chi connectivity index (χ3n) is 11.7. The Balaban J connectivity index is 1.16. The fourth-order valence-corrected chi connectivity index (χ4v) is 10.4. The number of rotatable bonds is 3. The minimum atomic E-state index is -0.314. The number of hydrogen-bond acceptors (Lipinski definition) is 3. The minimum absolute atomic E-state index is 0.136. The molecule has 5 aliphatic carbocycles. The molecule has 0 spiro atoms. The fraction of sp³-hybridized carbons (Fsp3) is 0.759. The summed E-state index contributed by atoms with van der Waals surface area (Å²) in [6.45, 7) is 7.60. The van der Waals surface area contributed by atoms with E-state index in [9.17, 15) is 9.18 Å². The summed E-state index contributed by atoms with van der Waals surface area (Å²) in [6.07, 6.45) is 9.69. The zero-order chi connectivity index (χ0) is 23.4. The lowest BCUT2D eigenvalue weighted by Gasteiger charge is -2.57. The summed E-state index contributed by atoms with van der Waals surface area (Å²) in [7, 11) is 0. The van der Waals surface area contributed by atoms with E-state index in [1.54, 1.807) is 10.7 Å². The van der Waals surface area contributed by atoms with Gasteiger partial charge >= 0.3 is 0 Å². The van der Waals surface area contributed by atoms with Gasteiger partial charge in [0.05, 0.1) is 5.52 Å². The van der Waals surface area contributed by atoms with Gasteiger partial charge in [-0.15, -0.1) is 5.10 Å². The monoisotopic (exact) mass is 463 g/mol. The highest BCUT2D eigenvalue weighted by Crippen LogP contribution is 2.76. The normalized spacial score (nSPS) is 46.9. The van der Waals surface area contributed by atoms with Crippen molar-refractivity contribution in [1.82, 2.24) is 15.0 Å². The van der Waals surface area contributed by atoms with Crippen LogP contribution in [0.2, 0.25) is 0 Å². The molecule has 0 radical (unpaired) electrons. The number of hydrogen-bond donors (Lipinski definition) is 0. The molecule has 5 aliphatic rings. The van der Waals surface area contributed by atoms with Crippen LogP contribution in [-0.2, 0) is 11.3 Å². The van der Waals surface area contributed by atoms with Crippen LogP contribution in [0.25, 0.3) is 11.0 Å². The Hall–Kier alpha value is -1.78. The van der Waals surface area contributed by atoms with Crippen LogP contribution in [0.1, 0.15) is 65.7 Å². The SMILES string of the molecule is C[C@H]1CC[C@@H]2C3CC[C@@]4(C)C(C3CC[C@@H]2C1)[C@@H]1[C@H](C)[C@@H]1[C@@H]4C(=O)Cn1nnc2cc(F)ccc21.